The molecular weight excluding hydrogens is 545 g/mol. The van der Waals surface area contributed by atoms with Crippen LogP contribution in [0.5, 0.6) is 5.75 Å². The van der Waals surface area contributed by atoms with Crippen LogP contribution >= 0.6 is 11.3 Å². The molecule has 0 radical (unpaired) electrons. The zero-order valence-corrected chi connectivity index (χ0v) is 24.0. The molecule has 41 heavy (non-hydrogen) atoms. The van der Waals surface area contributed by atoms with Gasteiger partial charge >= 0.3 is 0 Å². The Hall–Kier alpha value is -3.70. The first-order valence-corrected chi connectivity index (χ1v) is 14.7. The van der Waals surface area contributed by atoms with E-state index in [-0.39, 0.29) is 35.4 Å². The van der Waals surface area contributed by atoms with Crippen molar-refractivity contribution in [2.75, 3.05) is 33.3 Å². The number of piperidine rings is 2. The predicted molar refractivity (Wildman–Crippen MR) is 153 cm³/mol. The average molecular weight is 580 g/mol. The van der Waals surface area contributed by atoms with Gasteiger partial charge in [-0.2, -0.15) is 0 Å². The van der Waals surface area contributed by atoms with Crippen LogP contribution in [0.3, 0.4) is 0 Å². The van der Waals surface area contributed by atoms with Crippen LogP contribution < -0.4 is 15.4 Å². The maximum absolute atomic E-state index is 15.3. The number of hydrogen-bond acceptors (Lipinski definition) is 8. The predicted octanol–water partition coefficient (Wildman–Crippen LogP) is 3.63. The molecule has 2 fully saturated rings. The van der Waals surface area contributed by atoms with Crippen molar-refractivity contribution in [2.24, 2.45) is 5.92 Å². The van der Waals surface area contributed by atoms with Gasteiger partial charge in [0.15, 0.2) is 5.78 Å². The molecule has 216 valence electrons. The molecule has 4 heterocycles. The Morgan fingerprint density at radius 2 is 1.88 bits per heavy atom. The molecule has 2 aromatic heterocycles. The van der Waals surface area contributed by atoms with Crippen molar-refractivity contribution in [3.63, 3.8) is 0 Å². The molecule has 9 nitrogen and oxygen atoms in total. The van der Waals surface area contributed by atoms with Gasteiger partial charge in [0.05, 0.1) is 28.9 Å². The lowest BCUT2D eigenvalue weighted by atomic mass is 9.82. The molecule has 11 heteroatoms. The van der Waals surface area contributed by atoms with Gasteiger partial charge in [-0.25, -0.2) is 9.37 Å². The van der Waals surface area contributed by atoms with Crippen molar-refractivity contribution < 1.29 is 23.5 Å². The highest BCUT2D eigenvalue weighted by molar-refractivity contribution is 7.09. The molecule has 2 amide bonds. The highest BCUT2D eigenvalue weighted by Gasteiger charge is 2.43. The minimum Gasteiger partial charge on any atom is -0.497 e. The number of aromatic nitrogens is 2. The number of amides is 2. The highest BCUT2D eigenvalue weighted by atomic mass is 32.1. The van der Waals surface area contributed by atoms with E-state index in [2.05, 4.69) is 20.6 Å². The number of ether oxygens (including phenoxy) is 1. The molecule has 0 spiro atoms. The molecule has 3 aromatic rings. The summed E-state index contributed by atoms with van der Waals surface area (Å²) in [5, 5.41) is 8.78. The van der Waals surface area contributed by atoms with Crippen molar-refractivity contribution in [3.05, 3.63) is 75.5 Å². The molecule has 0 saturated carbocycles. The van der Waals surface area contributed by atoms with Crippen molar-refractivity contribution in [2.45, 2.75) is 44.3 Å². The van der Waals surface area contributed by atoms with Gasteiger partial charge in [0, 0.05) is 49.1 Å². The van der Waals surface area contributed by atoms with Crippen LogP contribution in [0, 0.1) is 12.8 Å². The van der Waals surface area contributed by atoms with Gasteiger partial charge in [-0.05, 0) is 69.1 Å². The number of hydrogen-bond donors (Lipinski definition) is 2. The number of halogens is 1. The Morgan fingerprint density at radius 3 is 2.49 bits per heavy atom. The SMILES string of the molecule is COc1ccc(C(=O)C2CCN(C(=O)c3ccc(C(=O)N[C@@]4(Cc5csc(C)n5)CCNC[C@@H]4F)cn3)CC2)cc1. The largest absolute Gasteiger partial charge is 0.497 e. The summed E-state index contributed by atoms with van der Waals surface area (Å²) in [5.41, 5.74) is 0.790. The summed E-state index contributed by atoms with van der Waals surface area (Å²) in [6.07, 6.45) is 1.94. The minimum absolute atomic E-state index is 0.0696. The van der Waals surface area contributed by atoms with Crippen LogP contribution in [0.2, 0.25) is 0 Å². The third-order valence-corrected chi connectivity index (χ3v) is 8.79. The lowest BCUT2D eigenvalue weighted by Gasteiger charge is -2.41. The van der Waals surface area contributed by atoms with Crippen molar-refractivity contribution in [3.8, 4) is 5.75 Å². The summed E-state index contributed by atoms with van der Waals surface area (Å²) in [6, 6.07) is 10.1. The quantitative estimate of drug-likeness (QED) is 0.392. The van der Waals surface area contributed by atoms with Gasteiger partial charge in [-0.3, -0.25) is 19.4 Å². The van der Waals surface area contributed by atoms with Crippen LogP contribution in [0.4, 0.5) is 4.39 Å². The number of methoxy groups -OCH3 is 1. The lowest BCUT2D eigenvalue weighted by molar-refractivity contribution is 0.0644. The van der Waals surface area contributed by atoms with E-state index >= 15 is 4.39 Å². The van der Waals surface area contributed by atoms with Crippen LogP contribution in [0.1, 0.15) is 61.2 Å². The summed E-state index contributed by atoms with van der Waals surface area (Å²) < 4.78 is 20.4. The zero-order chi connectivity index (χ0) is 29.0. The highest BCUT2D eigenvalue weighted by Crippen LogP contribution is 2.28. The molecule has 1 aromatic carbocycles. The maximum atomic E-state index is 15.3. The Balaban J connectivity index is 1.19. The number of nitrogens with zero attached hydrogens (tertiary/aromatic N) is 3. The van der Waals surface area contributed by atoms with E-state index in [1.165, 1.54) is 23.6 Å². The fraction of sp³-hybridized carbons (Fsp3) is 0.433. The fourth-order valence-electron chi connectivity index (χ4n) is 5.54. The summed E-state index contributed by atoms with van der Waals surface area (Å²) in [6.45, 7) is 3.52. The smallest absolute Gasteiger partial charge is 0.272 e. The van der Waals surface area contributed by atoms with Gasteiger partial charge in [0.2, 0.25) is 0 Å². The molecule has 0 aliphatic carbocycles. The number of benzene rings is 1. The third-order valence-electron chi connectivity index (χ3n) is 7.97. The zero-order valence-electron chi connectivity index (χ0n) is 23.2. The van der Waals surface area contributed by atoms with Crippen LogP contribution in [-0.2, 0) is 6.42 Å². The summed E-state index contributed by atoms with van der Waals surface area (Å²) in [5.74, 6) is -0.0710. The number of likely N-dealkylation sites (tertiary alicyclic amines) is 1. The first-order chi connectivity index (χ1) is 19.8. The normalized spacial score (nSPS) is 21.3. The van der Waals surface area contributed by atoms with E-state index in [9.17, 15) is 14.4 Å². The van der Waals surface area contributed by atoms with Crippen LogP contribution in [-0.4, -0.2) is 77.5 Å². The van der Waals surface area contributed by atoms with Crippen LogP contribution in [0.25, 0.3) is 0 Å². The second kappa shape index (κ2) is 12.4. The molecule has 5 rings (SSSR count). The second-order valence-corrected chi connectivity index (χ2v) is 11.7. The lowest BCUT2D eigenvalue weighted by Crippen LogP contribution is -2.63. The maximum Gasteiger partial charge on any atom is 0.272 e. The summed E-state index contributed by atoms with van der Waals surface area (Å²) in [4.78, 5) is 49.7. The number of aryl methyl sites for hydroxylation is 1. The number of carbonyl (C=O) groups excluding carboxylic acids is 3. The van der Waals surface area contributed by atoms with E-state index < -0.39 is 17.6 Å². The number of pyridine rings is 1. The Morgan fingerprint density at radius 1 is 1.15 bits per heavy atom. The minimum atomic E-state index is -1.28. The average Bonchev–Trinajstić information content (AvgIpc) is 3.42. The van der Waals surface area contributed by atoms with Gasteiger partial charge in [0.25, 0.3) is 11.8 Å². The number of rotatable bonds is 8. The monoisotopic (exact) mass is 579 g/mol. The molecular formula is C30H34FN5O4S. The molecule has 0 unspecified atom stereocenters. The molecule has 2 aliphatic heterocycles. The number of alkyl halides is 1. The van der Waals surface area contributed by atoms with Crippen molar-refractivity contribution in [1.29, 1.82) is 0 Å². The van der Waals surface area contributed by atoms with E-state index in [0.717, 1.165) is 10.7 Å². The standard InChI is InChI=1S/C30H34FN5O4S/c1-19-34-23(18-41-19)15-30(11-12-32-17-26(30)31)35-28(38)22-5-8-25(33-16-22)29(39)36-13-9-21(10-14-36)27(37)20-3-6-24(40-2)7-4-20/h3-8,16,18,21,26,32H,9-15,17H2,1-2H3,(H,35,38)/t26-,30+/m0/s1. The fourth-order valence-corrected chi connectivity index (χ4v) is 6.15. The second-order valence-electron chi connectivity index (χ2n) is 10.7. The van der Waals surface area contributed by atoms with Crippen molar-refractivity contribution in [1.82, 2.24) is 25.5 Å². The Labute approximate surface area is 242 Å². The first kappa shape index (κ1) is 28.8. The molecule has 2 atom stereocenters. The van der Waals surface area contributed by atoms with Gasteiger partial charge in [-0.1, -0.05) is 0 Å². The summed E-state index contributed by atoms with van der Waals surface area (Å²) in [7, 11) is 1.58. The number of Topliss-reactive ketones (excluding diaryl/α,β-unsaturated/α-hetero) is 1. The molecule has 0 bridgehead atoms. The van der Waals surface area contributed by atoms with Gasteiger partial charge in [-0.15, -0.1) is 11.3 Å². The van der Waals surface area contributed by atoms with Crippen molar-refractivity contribution >= 4 is 28.9 Å². The number of nitrogens with one attached hydrogen (secondary N) is 2. The van der Waals surface area contributed by atoms with Crippen LogP contribution in [0.15, 0.2) is 48.0 Å². The van der Waals surface area contributed by atoms with E-state index in [1.807, 2.05) is 12.3 Å². The Bertz CT molecular complexity index is 1390. The number of ketones is 1. The van der Waals surface area contributed by atoms with E-state index in [1.54, 1.807) is 42.3 Å². The third kappa shape index (κ3) is 6.46. The van der Waals surface area contributed by atoms with Gasteiger partial charge in [0.1, 0.15) is 17.6 Å². The van der Waals surface area contributed by atoms with Gasteiger partial charge < -0.3 is 20.3 Å². The van der Waals surface area contributed by atoms with E-state index in [4.69, 9.17) is 4.74 Å². The number of thiazole rings is 1. The topological polar surface area (TPSA) is 114 Å². The molecule has 2 aliphatic rings. The van der Waals surface area contributed by atoms with E-state index in [0.29, 0.717) is 56.6 Å². The molecule has 2 N–H and O–H groups in total. The first-order valence-electron chi connectivity index (χ1n) is 13.8. The summed E-state index contributed by atoms with van der Waals surface area (Å²) >= 11 is 1.50. The Kier molecular flexibility index (Phi) is 8.74. The number of carbonyl (C=O) groups is 3. The molecule has 2 saturated heterocycles.